The minimum atomic E-state index is -0.0394. The Labute approximate surface area is 215 Å². The Morgan fingerprint density at radius 2 is 1.89 bits per heavy atom. The Balaban J connectivity index is 0.000000401. The lowest BCUT2D eigenvalue weighted by molar-refractivity contribution is -0.125. The van der Waals surface area contributed by atoms with Crippen molar-refractivity contribution in [1.82, 2.24) is 20.5 Å². The zero-order chi connectivity index (χ0) is 26.6. The molecule has 1 amide bonds. The quantitative estimate of drug-likeness (QED) is 0.493. The Morgan fingerprint density at radius 1 is 1.26 bits per heavy atom. The number of aromatic nitrogens is 1. The van der Waals surface area contributed by atoms with E-state index in [1.54, 1.807) is 11.3 Å². The second kappa shape index (κ2) is 15.1. The number of hydrogen-bond donors (Lipinski definition) is 3. The maximum Gasteiger partial charge on any atom is 0.237 e. The Hall–Kier alpha value is -2.13. The standard InChI is InChI=1S/C17H21N3OS.C9H19NO.CH4O/c1-12-16(22-11-19-12)14-7-5-13(6-8-14)10-18-17(21)15-4-3-9-20(15)2;1-7(2)10-8(6-11)9(3,4)5;1-2/h5-8,11,15H,3-4,9-10H2,1-2H3,(H,18,21);6-8,10H,1-5H3;2H,1H3. The van der Waals surface area contributed by atoms with Crippen LogP contribution < -0.4 is 10.6 Å². The minimum Gasteiger partial charge on any atom is -0.400 e. The van der Waals surface area contributed by atoms with Gasteiger partial charge in [-0.05, 0) is 49.9 Å². The molecule has 35 heavy (non-hydrogen) atoms. The fourth-order valence-electron chi connectivity index (χ4n) is 3.75. The maximum absolute atomic E-state index is 12.2. The molecule has 0 saturated carbocycles. The van der Waals surface area contributed by atoms with Gasteiger partial charge < -0.3 is 20.5 Å². The highest BCUT2D eigenvalue weighted by Gasteiger charge is 2.27. The number of benzene rings is 1. The van der Waals surface area contributed by atoms with Crippen molar-refractivity contribution in [3.05, 3.63) is 41.0 Å². The summed E-state index contributed by atoms with van der Waals surface area (Å²) in [6.45, 7) is 13.9. The SMILES string of the molecule is CC(C)NC(C=O)C(C)(C)C.CO.Cc1ncsc1-c1ccc(CNC(=O)C2CCCN2C)cc1. The van der Waals surface area contributed by atoms with E-state index in [-0.39, 0.29) is 23.4 Å². The number of carbonyl (C=O) groups is 2. The van der Waals surface area contributed by atoms with Crippen molar-refractivity contribution in [2.75, 3.05) is 20.7 Å². The lowest BCUT2D eigenvalue weighted by atomic mass is 9.87. The number of aliphatic hydroxyl groups is 1. The number of thiazole rings is 1. The van der Waals surface area contributed by atoms with E-state index in [0.717, 1.165) is 44.0 Å². The number of amides is 1. The molecule has 0 bridgehead atoms. The number of aldehydes is 1. The van der Waals surface area contributed by atoms with Crippen molar-refractivity contribution in [2.24, 2.45) is 5.41 Å². The van der Waals surface area contributed by atoms with Gasteiger partial charge in [0.05, 0.1) is 28.2 Å². The van der Waals surface area contributed by atoms with Gasteiger partial charge in [-0.25, -0.2) is 4.98 Å². The van der Waals surface area contributed by atoms with Crippen LogP contribution in [0.3, 0.4) is 0 Å². The first kappa shape index (κ1) is 30.9. The number of nitrogens with one attached hydrogen (secondary N) is 2. The Bertz CT molecular complexity index is 891. The molecule has 1 aromatic carbocycles. The smallest absolute Gasteiger partial charge is 0.237 e. The Morgan fingerprint density at radius 3 is 2.29 bits per heavy atom. The molecular weight excluding hydrogens is 460 g/mol. The van der Waals surface area contributed by atoms with Crippen molar-refractivity contribution in [2.45, 2.75) is 79.1 Å². The van der Waals surface area contributed by atoms with E-state index in [0.29, 0.717) is 12.6 Å². The fourth-order valence-corrected chi connectivity index (χ4v) is 4.57. The predicted octanol–water partition coefficient (Wildman–Crippen LogP) is 4.04. The van der Waals surface area contributed by atoms with Crippen LogP contribution in [0, 0.1) is 12.3 Å². The molecule has 2 unspecified atom stereocenters. The zero-order valence-electron chi connectivity index (χ0n) is 22.6. The number of likely N-dealkylation sites (N-methyl/N-ethyl adjacent to an activating group) is 1. The third-order valence-corrected chi connectivity index (χ3v) is 6.81. The van der Waals surface area contributed by atoms with Crippen LogP contribution in [0.5, 0.6) is 0 Å². The molecule has 2 atom stereocenters. The summed E-state index contributed by atoms with van der Waals surface area (Å²) in [4.78, 5) is 30.4. The fraction of sp³-hybridized carbons (Fsp3) is 0.593. The molecule has 0 radical (unpaired) electrons. The largest absolute Gasteiger partial charge is 0.400 e. The molecule has 1 aliphatic rings. The molecule has 2 aromatic rings. The molecular formula is C27H44N4O3S. The van der Waals surface area contributed by atoms with Gasteiger partial charge in [0.15, 0.2) is 0 Å². The van der Waals surface area contributed by atoms with Crippen molar-refractivity contribution in [3.63, 3.8) is 0 Å². The number of aryl methyl sites for hydroxylation is 1. The van der Waals surface area contributed by atoms with Gasteiger partial charge in [-0.1, -0.05) is 58.9 Å². The van der Waals surface area contributed by atoms with E-state index < -0.39 is 0 Å². The van der Waals surface area contributed by atoms with Gasteiger partial charge in [-0.3, -0.25) is 9.69 Å². The number of likely N-dealkylation sites (tertiary alicyclic amines) is 1. The first-order valence-corrected chi connectivity index (χ1v) is 13.0. The molecule has 1 aliphatic heterocycles. The molecule has 8 heteroatoms. The second-order valence-corrected chi connectivity index (χ2v) is 11.0. The van der Waals surface area contributed by atoms with Crippen molar-refractivity contribution in [3.8, 4) is 10.4 Å². The number of hydrogen-bond acceptors (Lipinski definition) is 7. The number of rotatable bonds is 7. The molecule has 0 spiro atoms. The maximum atomic E-state index is 12.2. The highest BCUT2D eigenvalue weighted by atomic mass is 32.1. The van der Waals surface area contributed by atoms with E-state index in [1.807, 2.05) is 33.3 Å². The summed E-state index contributed by atoms with van der Waals surface area (Å²) < 4.78 is 0. The van der Waals surface area contributed by atoms with Crippen LogP contribution in [0.2, 0.25) is 0 Å². The summed E-state index contributed by atoms with van der Waals surface area (Å²) in [5.41, 5.74) is 5.27. The van der Waals surface area contributed by atoms with Gasteiger partial charge in [0.1, 0.15) is 6.29 Å². The summed E-state index contributed by atoms with van der Waals surface area (Å²) in [6.07, 6.45) is 3.06. The van der Waals surface area contributed by atoms with Gasteiger partial charge >= 0.3 is 0 Å². The third kappa shape index (κ3) is 10.2. The highest BCUT2D eigenvalue weighted by molar-refractivity contribution is 7.13. The first-order chi connectivity index (χ1) is 16.5. The molecule has 0 aliphatic carbocycles. The van der Waals surface area contributed by atoms with Crippen LogP contribution >= 0.6 is 11.3 Å². The van der Waals surface area contributed by atoms with Crippen LogP contribution in [0.4, 0.5) is 0 Å². The molecule has 1 aromatic heterocycles. The van der Waals surface area contributed by atoms with Gasteiger partial charge in [-0.2, -0.15) is 0 Å². The van der Waals surface area contributed by atoms with E-state index in [4.69, 9.17) is 5.11 Å². The van der Waals surface area contributed by atoms with Crippen LogP contribution in [-0.4, -0.2) is 66.0 Å². The van der Waals surface area contributed by atoms with Crippen molar-refractivity contribution < 1.29 is 14.7 Å². The molecule has 196 valence electrons. The summed E-state index contributed by atoms with van der Waals surface area (Å²) in [6, 6.07) is 8.72. The topological polar surface area (TPSA) is 94.6 Å². The van der Waals surface area contributed by atoms with E-state index in [2.05, 4.69) is 65.6 Å². The summed E-state index contributed by atoms with van der Waals surface area (Å²) >= 11 is 1.66. The van der Waals surface area contributed by atoms with Crippen LogP contribution in [0.15, 0.2) is 29.8 Å². The number of aliphatic hydroxyl groups excluding tert-OH is 1. The van der Waals surface area contributed by atoms with Crippen LogP contribution in [-0.2, 0) is 16.1 Å². The second-order valence-electron chi connectivity index (χ2n) is 10.1. The molecule has 1 fully saturated rings. The molecule has 1 saturated heterocycles. The number of nitrogens with zero attached hydrogens (tertiary/aromatic N) is 2. The highest BCUT2D eigenvalue weighted by Crippen LogP contribution is 2.27. The van der Waals surface area contributed by atoms with E-state index in [1.165, 1.54) is 10.4 Å². The lowest BCUT2D eigenvalue weighted by Gasteiger charge is -2.28. The monoisotopic (exact) mass is 504 g/mol. The third-order valence-electron chi connectivity index (χ3n) is 5.83. The average Bonchev–Trinajstić information content (AvgIpc) is 3.45. The predicted molar refractivity (Wildman–Crippen MR) is 146 cm³/mol. The van der Waals surface area contributed by atoms with Crippen molar-refractivity contribution in [1.29, 1.82) is 0 Å². The average molecular weight is 505 g/mol. The van der Waals surface area contributed by atoms with Gasteiger partial charge in [0.2, 0.25) is 5.91 Å². The summed E-state index contributed by atoms with van der Waals surface area (Å²) in [5, 5.41) is 13.2. The molecule has 3 rings (SSSR count). The minimum absolute atomic E-state index is 0.0199. The van der Waals surface area contributed by atoms with Gasteiger partial charge in [0.25, 0.3) is 0 Å². The van der Waals surface area contributed by atoms with Gasteiger partial charge in [-0.15, -0.1) is 11.3 Å². The van der Waals surface area contributed by atoms with E-state index in [9.17, 15) is 9.59 Å². The molecule has 7 nitrogen and oxygen atoms in total. The van der Waals surface area contributed by atoms with Crippen molar-refractivity contribution >= 4 is 23.5 Å². The Kier molecular flexibility index (Phi) is 13.3. The summed E-state index contributed by atoms with van der Waals surface area (Å²) in [5.74, 6) is 0.141. The molecule has 3 N–H and O–H groups in total. The normalized spacial score (nSPS) is 16.6. The summed E-state index contributed by atoms with van der Waals surface area (Å²) in [7, 11) is 3.02. The molecule has 2 heterocycles. The lowest BCUT2D eigenvalue weighted by Crippen LogP contribution is -2.44. The van der Waals surface area contributed by atoms with Crippen LogP contribution in [0.1, 0.15) is 58.7 Å². The number of carbonyl (C=O) groups excluding carboxylic acids is 2. The van der Waals surface area contributed by atoms with Gasteiger partial charge in [0, 0.05) is 19.7 Å². The first-order valence-electron chi connectivity index (χ1n) is 12.2. The van der Waals surface area contributed by atoms with Crippen LogP contribution in [0.25, 0.3) is 10.4 Å². The zero-order valence-corrected chi connectivity index (χ0v) is 23.4. The van der Waals surface area contributed by atoms with E-state index >= 15 is 0 Å².